The molecular weight excluding hydrogens is 327 g/mol. The first-order chi connectivity index (χ1) is 11.9. The SMILES string of the molecule is CCOC(=O)[C@]1(C)N[C@@H](c2ccccc2F)[C@H]2C(=O)N(CC)C(=O)[C@H]21. The molecule has 0 unspecified atom stereocenters. The predicted octanol–water partition coefficient (Wildman–Crippen LogP) is 1.41. The Bertz CT molecular complexity index is 738. The van der Waals surface area contributed by atoms with E-state index in [0.717, 1.165) is 4.90 Å². The highest BCUT2D eigenvalue weighted by Crippen LogP contribution is 2.49. The molecule has 2 heterocycles. The van der Waals surface area contributed by atoms with Crippen molar-refractivity contribution >= 4 is 17.8 Å². The van der Waals surface area contributed by atoms with Gasteiger partial charge >= 0.3 is 5.97 Å². The summed E-state index contributed by atoms with van der Waals surface area (Å²) in [6, 6.07) is 5.30. The van der Waals surface area contributed by atoms with Crippen LogP contribution in [0.3, 0.4) is 0 Å². The molecule has 1 aromatic carbocycles. The lowest BCUT2D eigenvalue weighted by Crippen LogP contribution is -2.54. The standard InChI is InChI=1S/C18H21FN2O4/c1-4-21-15(22)12-13(16(21)23)18(3,17(24)25-5-2)20-14(12)10-8-6-7-9-11(10)19/h6-9,12-14,20H,4-5H2,1-3H3/t12-,13-,14-,18+/m0/s1. The maximum absolute atomic E-state index is 14.3. The van der Waals surface area contributed by atoms with Crippen molar-refractivity contribution in [2.24, 2.45) is 11.8 Å². The Kier molecular flexibility index (Phi) is 4.36. The lowest BCUT2D eigenvalue weighted by molar-refractivity contribution is -0.155. The molecule has 0 aromatic heterocycles. The highest BCUT2D eigenvalue weighted by atomic mass is 19.1. The maximum Gasteiger partial charge on any atom is 0.326 e. The number of esters is 1. The van der Waals surface area contributed by atoms with Gasteiger partial charge in [-0.1, -0.05) is 18.2 Å². The van der Waals surface area contributed by atoms with Crippen molar-refractivity contribution in [2.75, 3.05) is 13.2 Å². The molecule has 0 radical (unpaired) electrons. The van der Waals surface area contributed by atoms with E-state index in [9.17, 15) is 18.8 Å². The molecule has 0 bridgehead atoms. The molecule has 1 N–H and O–H groups in total. The van der Waals surface area contributed by atoms with E-state index >= 15 is 0 Å². The smallest absolute Gasteiger partial charge is 0.326 e. The normalized spacial score (nSPS) is 31.4. The molecule has 134 valence electrons. The summed E-state index contributed by atoms with van der Waals surface area (Å²) in [5.41, 5.74) is -1.12. The molecule has 2 amide bonds. The Morgan fingerprint density at radius 3 is 2.56 bits per heavy atom. The van der Waals surface area contributed by atoms with Gasteiger partial charge in [0, 0.05) is 18.2 Å². The highest BCUT2D eigenvalue weighted by molar-refractivity contribution is 6.09. The zero-order valence-corrected chi connectivity index (χ0v) is 14.4. The number of nitrogens with one attached hydrogen (secondary N) is 1. The minimum absolute atomic E-state index is 0.150. The summed E-state index contributed by atoms with van der Waals surface area (Å²) in [4.78, 5) is 39.3. The van der Waals surface area contributed by atoms with Gasteiger partial charge in [-0.25, -0.2) is 4.39 Å². The van der Waals surface area contributed by atoms with Gasteiger partial charge in [0.25, 0.3) is 0 Å². The number of halogens is 1. The maximum atomic E-state index is 14.3. The number of hydrogen-bond donors (Lipinski definition) is 1. The van der Waals surface area contributed by atoms with E-state index in [0.29, 0.717) is 0 Å². The molecule has 2 saturated heterocycles. The lowest BCUT2D eigenvalue weighted by atomic mass is 9.80. The molecule has 2 fully saturated rings. The third-order valence-corrected chi connectivity index (χ3v) is 5.13. The average molecular weight is 348 g/mol. The topological polar surface area (TPSA) is 75.7 Å². The number of amides is 2. The van der Waals surface area contributed by atoms with Gasteiger partial charge in [0.2, 0.25) is 11.8 Å². The lowest BCUT2D eigenvalue weighted by Gasteiger charge is -2.28. The minimum Gasteiger partial charge on any atom is -0.465 e. The van der Waals surface area contributed by atoms with Crippen LogP contribution in [0.5, 0.6) is 0 Å². The van der Waals surface area contributed by atoms with Crippen LogP contribution in [0, 0.1) is 17.7 Å². The van der Waals surface area contributed by atoms with Crippen molar-refractivity contribution < 1.29 is 23.5 Å². The highest BCUT2D eigenvalue weighted by Gasteiger charge is 2.66. The van der Waals surface area contributed by atoms with Crippen LogP contribution in [0.1, 0.15) is 32.4 Å². The molecule has 7 heteroatoms. The largest absolute Gasteiger partial charge is 0.465 e. The summed E-state index contributed by atoms with van der Waals surface area (Å²) in [6.45, 7) is 5.28. The molecular formula is C18H21FN2O4. The van der Waals surface area contributed by atoms with Gasteiger partial charge in [0.15, 0.2) is 0 Å². The van der Waals surface area contributed by atoms with E-state index in [1.165, 1.54) is 6.07 Å². The fraction of sp³-hybridized carbons (Fsp3) is 0.500. The molecule has 25 heavy (non-hydrogen) atoms. The van der Waals surface area contributed by atoms with Gasteiger partial charge in [-0.3, -0.25) is 24.6 Å². The number of hydrogen-bond acceptors (Lipinski definition) is 5. The van der Waals surface area contributed by atoms with Crippen molar-refractivity contribution in [3.63, 3.8) is 0 Å². The Labute approximate surface area is 145 Å². The van der Waals surface area contributed by atoms with Crippen LogP contribution in [-0.4, -0.2) is 41.4 Å². The van der Waals surface area contributed by atoms with Gasteiger partial charge in [0.1, 0.15) is 11.4 Å². The van der Waals surface area contributed by atoms with Crippen molar-refractivity contribution in [1.29, 1.82) is 0 Å². The Balaban J connectivity index is 2.11. The van der Waals surface area contributed by atoms with Crippen LogP contribution >= 0.6 is 0 Å². The van der Waals surface area contributed by atoms with E-state index in [1.54, 1.807) is 39.0 Å². The van der Waals surface area contributed by atoms with Gasteiger partial charge in [0.05, 0.1) is 18.4 Å². The second-order valence-corrected chi connectivity index (χ2v) is 6.49. The number of benzene rings is 1. The Hall–Kier alpha value is -2.28. The molecule has 2 aliphatic heterocycles. The predicted molar refractivity (Wildman–Crippen MR) is 86.7 cm³/mol. The number of ether oxygens (including phenoxy) is 1. The summed E-state index contributed by atoms with van der Waals surface area (Å²) >= 11 is 0. The number of imide groups is 1. The Morgan fingerprint density at radius 1 is 1.28 bits per heavy atom. The molecule has 0 aliphatic carbocycles. The van der Waals surface area contributed by atoms with E-state index < -0.39 is 41.1 Å². The summed E-state index contributed by atoms with van der Waals surface area (Å²) in [6.07, 6.45) is 0. The zero-order valence-electron chi connectivity index (χ0n) is 14.4. The van der Waals surface area contributed by atoms with Crippen molar-refractivity contribution in [3.8, 4) is 0 Å². The molecule has 4 atom stereocenters. The Morgan fingerprint density at radius 2 is 1.96 bits per heavy atom. The quantitative estimate of drug-likeness (QED) is 0.658. The van der Waals surface area contributed by atoms with Crippen LogP contribution < -0.4 is 5.32 Å². The summed E-state index contributed by atoms with van der Waals surface area (Å²) < 4.78 is 19.5. The van der Waals surface area contributed by atoms with Crippen LogP contribution in [-0.2, 0) is 19.1 Å². The third-order valence-electron chi connectivity index (χ3n) is 5.13. The number of carbonyl (C=O) groups is 3. The van der Waals surface area contributed by atoms with E-state index in [2.05, 4.69) is 5.32 Å². The summed E-state index contributed by atoms with van der Waals surface area (Å²) in [5.74, 6) is -3.64. The second-order valence-electron chi connectivity index (χ2n) is 6.49. The first-order valence-corrected chi connectivity index (χ1v) is 8.41. The van der Waals surface area contributed by atoms with Crippen LogP contribution in [0.4, 0.5) is 4.39 Å². The first-order valence-electron chi connectivity index (χ1n) is 8.41. The number of carbonyl (C=O) groups excluding carboxylic acids is 3. The van der Waals surface area contributed by atoms with E-state index in [4.69, 9.17) is 4.74 Å². The molecule has 1 aromatic rings. The van der Waals surface area contributed by atoms with Gasteiger partial charge in [-0.15, -0.1) is 0 Å². The molecule has 6 nitrogen and oxygen atoms in total. The molecule has 0 saturated carbocycles. The van der Waals surface area contributed by atoms with Crippen LogP contribution in [0.15, 0.2) is 24.3 Å². The summed E-state index contributed by atoms with van der Waals surface area (Å²) in [5, 5.41) is 3.03. The minimum atomic E-state index is -1.38. The van der Waals surface area contributed by atoms with E-state index in [-0.39, 0.29) is 24.6 Å². The summed E-state index contributed by atoms with van der Waals surface area (Å²) in [7, 11) is 0. The van der Waals surface area contributed by atoms with Crippen molar-refractivity contribution in [3.05, 3.63) is 35.6 Å². The number of likely N-dealkylation sites (tertiary alicyclic amines) is 1. The fourth-order valence-electron chi connectivity index (χ4n) is 3.97. The molecule has 0 spiro atoms. The van der Waals surface area contributed by atoms with Crippen molar-refractivity contribution in [1.82, 2.24) is 10.2 Å². The van der Waals surface area contributed by atoms with Crippen LogP contribution in [0.2, 0.25) is 0 Å². The van der Waals surface area contributed by atoms with Crippen LogP contribution in [0.25, 0.3) is 0 Å². The fourth-order valence-corrected chi connectivity index (χ4v) is 3.97. The van der Waals surface area contributed by atoms with E-state index in [1.807, 2.05) is 0 Å². The third kappa shape index (κ3) is 2.45. The molecule has 2 aliphatic rings. The molecule has 3 rings (SSSR count). The van der Waals surface area contributed by atoms with Crippen molar-refractivity contribution in [2.45, 2.75) is 32.4 Å². The van der Waals surface area contributed by atoms with Gasteiger partial charge < -0.3 is 4.74 Å². The number of rotatable bonds is 4. The average Bonchev–Trinajstić information content (AvgIpc) is 3.03. The first kappa shape index (κ1) is 17.5. The van der Waals surface area contributed by atoms with Gasteiger partial charge in [-0.05, 0) is 26.8 Å². The monoisotopic (exact) mass is 348 g/mol. The zero-order chi connectivity index (χ0) is 18.4. The number of fused-ring (bicyclic) bond motifs is 1. The number of nitrogens with zero attached hydrogens (tertiary/aromatic N) is 1. The van der Waals surface area contributed by atoms with Gasteiger partial charge in [-0.2, -0.15) is 0 Å². The second kappa shape index (κ2) is 6.22.